The Morgan fingerprint density at radius 3 is 2.39 bits per heavy atom. The number of H-pyrrole nitrogens is 1. The average molecular weight is 835 g/mol. The number of likely N-dealkylation sites (tertiary alicyclic amines) is 1. The van der Waals surface area contributed by atoms with E-state index < -0.39 is 17.6 Å². The van der Waals surface area contributed by atoms with Gasteiger partial charge in [-0.2, -0.15) is 5.10 Å². The molecule has 2 N–H and O–H groups in total. The maximum Gasteiger partial charge on any atom is 0.255 e. The van der Waals surface area contributed by atoms with Crippen LogP contribution in [0.5, 0.6) is 11.5 Å². The normalized spacial score (nSPS) is 23.4. The lowest BCUT2D eigenvalue weighted by molar-refractivity contribution is -0.136. The number of carbonyl (C=O) groups excluding carboxylic acids is 3. The van der Waals surface area contributed by atoms with Crippen LogP contribution in [0.25, 0.3) is 22.3 Å². The first-order valence-electron chi connectivity index (χ1n) is 22.0. The molecule has 5 aliphatic heterocycles. The number of nitrogens with zero attached hydrogens (tertiary/aromatic N) is 8. The van der Waals surface area contributed by atoms with Gasteiger partial charge >= 0.3 is 0 Å². The van der Waals surface area contributed by atoms with Gasteiger partial charge in [-0.1, -0.05) is 0 Å². The maximum atomic E-state index is 16.4. The van der Waals surface area contributed by atoms with Gasteiger partial charge in [0.25, 0.3) is 5.91 Å². The SMILES string of the molecule is COc1cc2c(cc1N1CCC(CN3CCC(F)(CN4CCN(c5cc(-c6[nH]nc7ccc(OC8(C)CC8)cc67)ncn5)CC4)CC3)CC1)CN(C1CCC(=O)NC1=O)C2=O. The van der Waals surface area contributed by atoms with Gasteiger partial charge in [0.05, 0.1) is 29.7 Å². The molecule has 0 spiro atoms. The number of halogens is 1. The number of benzene rings is 2. The lowest BCUT2D eigenvalue weighted by atomic mass is 9.90. The summed E-state index contributed by atoms with van der Waals surface area (Å²) in [6, 6.07) is 11.2. The molecule has 1 atom stereocenters. The number of carbonyl (C=O) groups is 3. The Labute approximate surface area is 354 Å². The lowest BCUT2D eigenvalue weighted by Gasteiger charge is -2.43. The Balaban J connectivity index is 0.686. The molecule has 4 aromatic rings. The van der Waals surface area contributed by atoms with Crippen LogP contribution in [-0.4, -0.2) is 142 Å². The summed E-state index contributed by atoms with van der Waals surface area (Å²) in [5.74, 6) is 1.97. The number of hydrogen-bond acceptors (Lipinski definition) is 12. The molecule has 2 aromatic heterocycles. The lowest BCUT2D eigenvalue weighted by Crippen LogP contribution is -2.54. The predicted octanol–water partition coefficient (Wildman–Crippen LogP) is 4.56. The van der Waals surface area contributed by atoms with Crippen LogP contribution >= 0.6 is 0 Å². The molecular formula is C45H55FN10O5. The molecule has 0 bridgehead atoms. The number of nitrogens with one attached hydrogen (secondary N) is 2. The first kappa shape index (κ1) is 39.8. The Morgan fingerprint density at radius 2 is 1.66 bits per heavy atom. The van der Waals surface area contributed by atoms with Crippen LogP contribution in [0.3, 0.4) is 0 Å². The van der Waals surface area contributed by atoms with E-state index in [4.69, 9.17) is 9.47 Å². The highest BCUT2D eigenvalue weighted by atomic mass is 19.1. The van der Waals surface area contributed by atoms with Crippen molar-refractivity contribution in [1.82, 2.24) is 40.2 Å². The Bertz CT molecular complexity index is 2330. The largest absolute Gasteiger partial charge is 0.495 e. The second kappa shape index (κ2) is 15.8. The fourth-order valence-electron chi connectivity index (χ4n) is 10.0. The van der Waals surface area contributed by atoms with Gasteiger partial charge in [0.15, 0.2) is 0 Å². The van der Waals surface area contributed by atoms with Crippen molar-refractivity contribution >= 4 is 40.1 Å². The number of methoxy groups -OCH3 is 1. The zero-order chi connectivity index (χ0) is 41.9. The standard InChI is InChI=1S/C45H55FN10O5/c1-44(9-10-44)61-31-3-4-34-33(22-31)41(51-50-34)35-24-39(48-28-47-35)55-19-17-53(18-20-55)27-45(46)11-15-52(16-12-45)25-29-7-13-54(14-8-29)37-21-30-26-56(36-5-6-40(57)49-42(36)58)43(59)32(30)23-38(37)60-2/h3-4,21-24,28-29,36H,5-20,25-27H2,1-2H3,(H,50,51)(H,49,57,58). The van der Waals surface area contributed by atoms with Gasteiger partial charge < -0.3 is 29.1 Å². The highest BCUT2D eigenvalue weighted by Gasteiger charge is 2.42. The molecule has 6 aliphatic rings. The van der Waals surface area contributed by atoms with E-state index >= 15 is 4.39 Å². The monoisotopic (exact) mass is 834 g/mol. The van der Waals surface area contributed by atoms with Gasteiger partial charge in [0.1, 0.15) is 41.0 Å². The molecule has 1 saturated carbocycles. The highest BCUT2D eigenvalue weighted by Crippen LogP contribution is 2.42. The summed E-state index contributed by atoms with van der Waals surface area (Å²) in [5, 5.41) is 11.0. The number of fused-ring (bicyclic) bond motifs is 2. The molecule has 7 heterocycles. The zero-order valence-electron chi connectivity index (χ0n) is 35.1. The van der Waals surface area contributed by atoms with Gasteiger partial charge in [0, 0.05) is 95.4 Å². The van der Waals surface area contributed by atoms with Crippen molar-refractivity contribution in [2.75, 3.05) is 82.4 Å². The van der Waals surface area contributed by atoms with Crippen LogP contribution in [-0.2, 0) is 16.1 Å². The van der Waals surface area contributed by atoms with E-state index in [1.165, 1.54) is 0 Å². The van der Waals surface area contributed by atoms with Crippen molar-refractivity contribution in [3.05, 3.63) is 53.9 Å². The molecule has 3 amide bonds. The highest BCUT2D eigenvalue weighted by molar-refractivity contribution is 6.06. The van der Waals surface area contributed by atoms with E-state index in [0.717, 1.165) is 130 Å². The van der Waals surface area contributed by atoms with Crippen LogP contribution in [0.2, 0.25) is 0 Å². The molecule has 16 heteroatoms. The van der Waals surface area contributed by atoms with Crippen molar-refractivity contribution in [3.63, 3.8) is 0 Å². The number of hydrogen-bond donors (Lipinski definition) is 2. The number of ether oxygens (including phenoxy) is 2. The minimum atomic E-state index is -1.19. The summed E-state index contributed by atoms with van der Waals surface area (Å²) >= 11 is 0. The molecule has 5 fully saturated rings. The number of anilines is 2. The van der Waals surface area contributed by atoms with Gasteiger partial charge in [-0.25, -0.2) is 14.4 Å². The average Bonchev–Trinajstić information content (AvgIpc) is 3.69. The Hall–Kier alpha value is -5.35. The smallest absolute Gasteiger partial charge is 0.255 e. The number of piperidine rings is 3. The van der Waals surface area contributed by atoms with Crippen LogP contribution < -0.4 is 24.6 Å². The fraction of sp³-hybridized carbons (Fsp3) is 0.556. The first-order chi connectivity index (χ1) is 29.5. The summed E-state index contributed by atoms with van der Waals surface area (Å²) in [6.45, 7) is 10.3. The Morgan fingerprint density at radius 1 is 0.869 bits per heavy atom. The van der Waals surface area contributed by atoms with Crippen molar-refractivity contribution < 1.29 is 28.2 Å². The molecule has 10 rings (SSSR count). The van der Waals surface area contributed by atoms with Crippen LogP contribution in [0, 0.1) is 5.92 Å². The third kappa shape index (κ3) is 8.11. The quantitative estimate of drug-likeness (QED) is 0.204. The van der Waals surface area contributed by atoms with Crippen molar-refractivity contribution in [2.24, 2.45) is 5.92 Å². The van der Waals surface area contributed by atoms with Crippen LogP contribution in [0.1, 0.15) is 74.2 Å². The molecule has 1 aliphatic carbocycles. The molecule has 1 unspecified atom stereocenters. The summed E-state index contributed by atoms with van der Waals surface area (Å²) < 4.78 is 28.4. The third-order valence-electron chi connectivity index (χ3n) is 14.0. The number of alkyl halides is 1. The van der Waals surface area contributed by atoms with E-state index in [1.54, 1.807) is 24.4 Å². The first-order valence-corrected chi connectivity index (χ1v) is 22.0. The number of piperazine rings is 1. The minimum Gasteiger partial charge on any atom is -0.495 e. The third-order valence-corrected chi connectivity index (χ3v) is 14.0. The number of amides is 3. The van der Waals surface area contributed by atoms with Gasteiger partial charge in [-0.15, -0.1) is 0 Å². The topological polar surface area (TPSA) is 152 Å². The van der Waals surface area contributed by atoms with Crippen molar-refractivity contribution in [3.8, 4) is 22.9 Å². The Kier molecular flexibility index (Phi) is 10.3. The molecule has 15 nitrogen and oxygen atoms in total. The van der Waals surface area contributed by atoms with E-state index in [-0.39, 0.29) is 23.8 Å². The van der Waals surface area contributed by atoms with Crippen LogP contribution in [0.15, 0.2) is 42.7 Å². The predicted molar refractivity (Wildman–Crippen MR) is 228 cm³/mol. The van der Waals surface area contributed by atoms with E-state index in [0.29, 0.717) is 49.6 Å². The number of imide groups is 1. The van der Waals surface area contributed by atoms with Crippen molar-refractivity contribution in [1.29, 1.82) is 0 Å². The summed E-state index contributed by atoms with van der Waals surface area (Å²) in [5.41, 5.74) is 3.63. The molecule has 0 radical (unpaired) electrons. The molecular weight excluding hydrogens is 780 g/mol. The summed E-state index contributed by atoms with van der Waals surface area (Å²) in [4.78, 5) is 57.8. The van der Waals surface area contributed by atoms with Gasteiger partial charge in [-0.05, 0) is 93.7 Å². The fourth-order valence-corrected chi connectivity index (χ4v) is 10.0. The van der Waals surface area contributed by atoms with Crippen LogP contribution in [0.4, 0.5) is 15.9 Å². The summed E-state index contributed by atoms with van der Waals surface area (Å²) in [7, 11) is 1.62. The molecule has 322 valence electrons. The number of rotatable bonds is 11. The van der Waals surface area contributed by atoms with Gasteiger partial charge in [0.2, 0.25) is 11.8 Å². The van der Waals surface area contributed by atoms with E-state index in [1.807, 2.05) is 30.3 Å². The molecule has 2 aromatic carbocycles. The van der Waals surface area contributed by atoms with Crippen molar-refractivity contribution in [2.45, 2.75) is 82.1 Å². The second-order valence-electron chi connectivity index (χ2n) is 18.3. The number of aromatic amines is 1. The second-order valence-corrected chi connectivity index (χ2v) is 18.3. The minimum absolute atomic E-state index is 0.0652. The maximum absolute atomic E-state index is 16.4. The molecule has 61 heavy (non-hydrogen) atoms. The number of aromatic nitrogens is 4. The van der Waals surface area contributed by atoms with E-state index in [9.17, 15) is 14.4 Å². The summed E-state index contributed by atoms with van der Waals surface area (Å²) in [6.07, 6.45) is 7.44. The molecule has 4 saturated heterocycles. The van der Waals surface area contributed by atoms with E-state index in [2.05, 4.69) is 52.0 Å². The zero-order valence-corrected chi connectivity index (χ0v) is 35.1. The van der Waals surface area contributed by atoms with Gasteiger partial charge in [-0.3, -0.25) is 29.7 Å².